The van der Waals surface area contributed by atoms with Gasteiger partial charge in [-0.1, -0.05) is 12.1 Å². The first kappa shape index (κ1) is 31.1. The minimum atomic E-state index is -4.45. The third kappa shape index (κ3) is 6.75. The lowest BCUT2D eigenvalue weighted by atomic mass is 9.75. The van der Waals surface area contributed by atoms with Gasteiger partial charge in [0.1, 0.15) is 17.2 Å². The van der Waals surface area contributed by atoms with Crippen LogP contribution in [0.4, 0.5) is 26.3 Å². The van der Waals surface area contributed by atoms with Crippen molar-refractivity contribution in [3.05, 3.63) is 83.2 Å². The molecule has 4 aromatic rings. The maximum atomic E-state index is 13.6. The molecule has 2 N–H and O–H groups in total. The van der Waals surface area contributed by atoms with Gasteiger partial charge in [-0.25, -0.2) is 4.39 Å². The van der Waals surface area contributed by atoms with E-state index < -0.39 is 54.9 Å². The number of fused-ring (bicyclic) bond motifs is 1. The number of carbonyl (C=O) groups is 2. The highest BCUT2D eigenvalue weighted by atomic mass is 19.4. The zero-order valence-corrected chi connectivity index (χ0v) is 23.7. The summed E-state index contributed by atoms with van der Waals surface area (Å²) >= 11 is 0. The van der Waals surface area contributed by atoms with Gasteiger partial charge in [0.05, 0.1) is 11.7 Å². The Morgan fingerprint density at radius 1 is 1.02 bits per heavy atom. The number of rotatable bonds is 9. The molecule has 5 rings (SSSR count). The SMILES string of the molecule is CNC(=O)c1c(-c2ccc(F)cc2)oc2cc(CCC(F)(F)F)c(-c3cccc(C(=O)NC4(C)CC(OC(F)F)C4)c3)cc12. The summed E-state index contributed by atoms with van der Waals surface area (Å²) in [5.74, 6) is -1.39. The minimum Gasteiger partial charge on any atom is -0.455 e. The van der Waals surface area contributed by atoms with Crippen molar-refractivity contribution in [3.63, 3.8) is 0 Å². The fraction of sp³-hybridized carbons (Fsp3) is 0.312. The van der Waals surface area contributed by atoms with Gasteiger partial charge < -0.3 is 19.8 Å². The maximum absolute atomic E-state index is 13.6. The van der Waals surface area contributed by atoms with Crippen LogP contribution in [0.2, 0.25) is 0 Å². The molecule has 232 valence electrons. The molecule has 1 aliphatic rings. The number of nitrogens with one attached hydrogen (secondary N) is 2. The van der Waals surface area contributed by atoms with Gasteiger partial charge in [0.25, 0.3) is 11.8 Å². The van der Waals surface area contributed by atoms with Crippen molar-refractivity contribution < 1.29 is 45.1 Å². The molecule has 1 aromatic heterocycles. The number of halogens is 6. The van der Waals surface area contributed by atoms with Gasteiger partial charge in [0.2, 0.25) is 0 Å². The monoisotopic (exact) mass is 618 g/mol. The summed E-state index contributed by atoms with van der Waals surface area (Å²) in [6.45, 7) is -1.20. The van der Waals surface area contributed by atoms with Gasteiger partial charge in [-0.2, -0.15) is 22.0 Å². The Morgan fingerprint density at radius 2 is 1.73 bits per heavy atom. The van der Waals surface area contributed by atoms with Gasteiger partial charge in [-0.05, 0) is 91.4 Å². The normalized spacial score (nSPS) is 18.3. The summed E-state index contributed by atoms with van der Waals surface area (Å²) in [4.78, 5) is 26.2. The number of furan rings is 1. The van der Waals surface area contributed by atoms with Crippen molar-refractivity contribution in [3.8, 4) is 22.5 Å². The molecule has 6 nitrogen and oxygen atoms in total. The zero-order chi connectivity index (χ0) is 31.8. The minimum absolute atomic E-state index is 0.116. The lowest BCUT2D eigenvalue weighted by Gasteiger charge is -2.45. The first-order chi connectivity index (χ1) is 20.7. The lowest BCUT2D eigenvalue weighted by molar-refractivity contribution is -0.194. The Balaban J connectivity index is 1.56. The predicted molar refractivity (Wildman–Crippen MR) is 151 cm³/mol. The third-order valence-corrected chi connectivity index (χ3v) is 7.65. The quantitative estimate of drug-likeness (QED) is 0.189. The van der Waals surface area contributed by atoms with Crippen LogP contribution in [0.25, 0.3) is 33.4 Å². The van der Waals surface area contributed by atoms with Crippen LogP contribution in [0, 0.1) is 5.82 Å². The first-order valence-corrected chi connectivity index (χ1v) is 13.8. The molecule has 0 aliphatic heterocycles. The number of alkyl halides is 5. The molecule has 1 aliphatic carbocycles. The Kier molecular flexibility index (Phi) is 8.48. The molecule has 1 heterocycles. The largest absolute Gasteiger partial charge is 0.455 e. The van der Waals surface area contributed by atoms with Crippen LogP contribution in [-0.2, 0) is 11.2 Å². The van der Waals surface area contributed by atoms with Crippen LogP contribution in [0.5, 0.6) is 0 Å². The van der Waals surface area contributed by atoms with E-state index in [0.717, 1.165) is 0 Å². The van der Waals surface area contributed by atoms with Crippen molar-refractivity contribution >= 4 is 22.8 Å². The van der Waals surface area contributed by atoms with Gasteiger partial charge in [-0.15, -0.1) is 0 Å². The molecule has 0 bridgehead atoms. The molecular formula is C32H28F6N2O4. The molecule has 12 heteroatoms. The second-order valence-electron chi connectivity index (χ2n) is 11.0. The smallest absolute Gasteiger partial charge is 0.389 e. The second-order valence-corrected chi connectivity index (χ2v) is 11.0. The van der Waals surface area contributed by atoms with Gasteiger partial charge in [0, 0.05) is 35.5 Å². The van der Waals surface area contributed by atoms with Crippen molar-refractivity contribution in [2.24, 2.45) is 0 Å². The standard InChI is InChI=1S/C32H28F6N2O4/c1-31(15-22(16-31)43-30(34)35)40-28(41)20-5-3-4-18(12-20)23-14-24-25(13-19(23)10-11-32(36,37)38)44-27(26(24)29(42)39-2)17-6-8-21(33)9-7-17/h3-9,12-14,22,30H,10-11,15-16H2,1-2H3,(H,39,42)(H,40,41). The average Bonchev–Trinajstić information content (AvgIpc) is 3.32. The van der Waals surface area contributed by atoms with Crippen LogP contribution in [0.3, 0.4) is 0 Å². The van der Waals surface area contributed by atoms with Gasteiger partial charge in [-0.3, -0.25) is 9.59 Å². The highest BCUT2D eigenvalue weighted by Crippen LogP contribution is 2.40. The van der Waals surface area contributed by atoms with Crippen LogP contribution >= 0.6 is 0 Å². The number of hydrogen-bond acceptors (Lipinski definition) is 4. The van der Waals surface area contributed by atoms with Crippen LogP contribution in [-0.4, -0.2) is 43.3 Å². The number of hydrogen-bond donors (Lipinski definition) is 2. The molecule has 3 aromatic carbocycles. The zero-order valence-electron chi connectivity index (χ0n) is 23.7. The molecule has 44 heavy (non-hydrogen) atoms. The molecule has 1 saturated carbocycles. The van der Waals surface area contributed by atoms with E-state index in [1.54, 1.807) is 25.1 Å². The van der Waals surface area contributed by atoms with Crippen molar-refractivity contribution in [2.45, 2.75) is 57.0 Å². The van der Waals surface area contributed by atoms with E-state index in [4.69, 9.17) is 4.42 Å². The molecule has 0 spiro atoms. The van der Waals surface area contributed by atoms with Gasteiger partial charge in [0.15, 0.2) is 0 Å². The topological polar surface area (TPSA) is 80.6 Å². The number of ether oxygens (including phenoxy) is 1. The molecule has 0 radical (unpaired) electrons. The fourth-order valence-electron chi connectivity index (χ4n) is 5.56. The molecule has 0 saturated heterocycles. The Bertz CT molecular complexity index is 1690. The molecule has 1 fully saturated rings. The Hall–Kier alpha value is -4.32. The molecule has 0 unspecified atom stereocenters. The predicted octanol–water partition coefficient (Wildman–Crippen LogP) is 7.65. The third-order valence-electron chi connectivity index (χ3n) is 7.65. The number of amides is 2. The summed E-state index contributed by atoms with van der Waals surface area (Å²) in [6.07, 6.45) is -6.27. The summed E-state index contributed by atoms with van der Waals surface area (Å²) in [7, 11) is 1.42. The molecule has 2 amide bonds. The second kappa shape index (κ2) is 12.0. The number of carbonyl (C=O) groups excluding carboxylic acids is 2. The summed E-state index contributed by atoms with van der Waals surface area (Å²) < 4.78 is 89.1. The van der Waals surface area contributed by atoms with E-state index in [9.17, 15) is 35.9 Å². The molecule has 0 atom stereocenters. The summed E-state index contributed by atoms with van der Waals surface area (Å²) in [5, 5.41) is 5.69. The lowest BCUT2D eigenvalue weighted by Crippen LogP contribution is -2.58. The van der Waals surface area contributed by atoms with E-state index in [-0.39, 0.29) is 40.9 Å². The van der Waals surface area contributed by atoms with E-state index >= 15 is 0 Å². The van der Waals surface area contributed by atoms with Gasteiger partial charge >= 0.3 is 12.8 Å². The summed E-state index contributed by atoms with van der Waals surface area (Å²) in [5.41, 5.74) is 1.15. The fourth-order valence-corrected chi connectivity index (χ4v) is 5.56. The van der Waals surface area contributed by atoms with E-state index in [1.807, 2.05) is 0 Å². The van der Waals surface area contributed by atoms with Crippen LogP contribution in [0.1, 0.15) is 52.5 Å². The van der Waals surface area contributed by atoms with Crippen LogP contribution in [0.15, 0.2) is 65.1 Å². The highest BCUT2D eigenvalue weighted by Gasteiger charge is 2.43. The average molecular weight is 619 g/mol. The van der Waals surface area contributed by atoms with Crippen molar-refractivity contribution in [2.75, 3.05) is 7.05 Å². The van der Waals surface area contributed by atoms with E-state index in [2.05, 4.69) is 15.4 Å². The maximum Gasteiger partial charge on any atom is 0.389 e. The van der Waals surface area contributed by atoms with Crippen molar-refractivity contribution in [1.82, 2.24) is 10.6 Å². The van der Waals surface area contributed by atoms with Crippen LogP contribution < -0.4 is 10.6 Å². The van der Waals surface area contributed by atoms with Crippen molar-refractivity contribution in [1.29, 1.82) is 0 Å². The number of benzene rings is 3. The number of aryl methyl sites for hydroxylation is 1. The Morgan fingerprint density at radius 3 is 2.36 bits per heavy atom. The Labute approximate surface area is 248 Å². The summed E-state index contributed by atoms with van der Waals surface area (Å²) in [6, 6.07) is 14.5. The van der Waals surface area contributed by atoms with E-state index in [1.165, 1.54) is 49.5 Å². The first-order valence-electron chi connectivity index (χ1n) is 13.8. The van der Waals surface area contributed by atoms with E-state index in [0.29, 0.717) is 22.1 Å². The molecular weight excluding hydrogens is 590 g/mol. The highest BCUT2D eigenvalue weighted by molar-refractivity contribution is 6.12.